The van der Waals surface area contributed by atoms with Crippen LogP contribution < -0.4 is 4.74 Å². The number of nitrogens with zero attached hydrogens (tertiary/aromatic N) is 3. The molecule has 1 heterocycles. The Morgan fingerprint density at radius 1 is 1.18 bits per heavy atom. The zero-order chi connectivity index (χ0) is 20.1. The zero-order valence-corrected chi connectivity index (χ0v) is 16.4. The van der Waals surface area contributed by atoms with Gasteiger partial charge in [0.25, 0.3) is 0 Å². The van der Waals surface area contributed by atoms with Crippen LogP contribution >= 0.6 is 23.2 Å². The molecule has 0 saturated heterocycles. The van der Waals surface area contributed by atoms with Gasteiger partial charge in [0, 0.05) is 16.7 Å². The van der Waals surface area contributed by atoms with Crippen molar-refractivity contribution in [3.63, 3.8) is 0 Å². The number of carbonyl (C=O) groups excluding carboxylic acids is 1. The number of nitriles is 1. The monoisotopic (exact) mass is 411 g/mol. The molecule has 2 aromatic carbocycles. The van der Waals surface area contributed by atoms with Crippen molar-refractivity contribution in [3.8, 4) is 11.8 Å². The zero-order valence-electron chi connectivity index (χ0n) is 14.9. The van der Waals surface area contributed by atoms with Crippen molar-refractivity contribution < 1.29 is 9.53 Å². The van der Waals surface area contributed by atoms with Crippen LogP contribution in [0.1, 0.15) is 22.4 Å². The van der Waals surface area contributed by atoms with E-state index in [1.54, 1.807) is 47.2 Å². The average Bonchev–Trinajstić information content (AvgIpc) is 2.95. The van der Waals surface area contributed by atoms with E-state index < -0.39 is 5.97 Å². The summed E-state index contributed by atoms with van der Waals surface area (Å²) in [5.74, 6) is -0.194. The van der Waals surface area contributed by atoms with Crippen LogP contribution in [0.15, 0.2) is 54.6 Å². The molecule has 0 fully saturated rings. The van der Waals surface area contributed by atoms with Crippen molar-refractivity contribution in [3.05, 3.63) is 87.2 Å². The van der Waals surface area contributed by atoms with Crippen LogP contribution in [-0.2, 0) is 11.3 Å². The summed E-state index contributed by atoms with van der Waals surface area (Å²) in [4.78, 5) is 12.0. The van der Waals surface area contributed by atoms with Gasteiger partial charge in [0.15, 0.2) is 0 Å². The Labute approximate surface area is 172 Å². The van der Waals surface area contributed by atoms with Gasteiger partial charge in [-0.15, -0.1) is 0 Å². The first-order valence-corrected chi connectivity index (χ1v) is 9.09. The number of halogens is 2. The Balaban J connectivity index is 1.70. The van der Waals surface area contributed by atoms with Crippen molar-refractivity contribution in [1.82, 2.24) is 9.78 Å². The summed E-state index contributed by atoms with van der Waals surface area (Å²) in [6, 6.07) is 15.7. The highest BCUT2D eigenvalue weighted by atomic mass is 35.5. The molecular weight excluding hydrogens is 397 g/mol. The third-order valence-electron chi connectivity index (χ3n) is 3.94. The van der Waals surface area contributed by atoms with Gasteiger partial charge in [-0.1, -0.05) is 35.3 Å². The Morgan fingerprint density at radius 3 is 2.50 bits per heavy atom. The fourth-order valence-electron chi connectivity index (χ4n) is 2.52. The molecule has 0 atom stereocenters. The Morgan fingerprint density at radius 2 is 1.86 bits per heavy atom. The standard InChI is InChI=1S/C21H15Cl2N3O2/c1-14-19(10-11-20(27)28-18-8-4-15(12-24)5-9-18)21(23)26(25-14)13-16-2-6-17(22)7-3-16/h2-11H,13H2,1H3. The predicted molar refractivity (Wildman–Crippen MR) is 108 cm³/mol. The van der Waals surface area contributed by atoms with Crippen molar-refractivity contribution >= 4 is 35.2 Å². The molecule has 0 aliphatic heterocycles. The first kappa shape index (κ1) is 19.7. The summed E-state index contributed by atoms with van der Waals surface area (Å²) in [6.07, 6.45) is 2.87. The fourth-order valence-corrected chi connectivity index (χ4v) is 2.95. The minimum atomic E-state index is -0.550. The van der Waals surface area contributed by atoms with Gasteiger partial charge in [-0.2, -0.15) is 10.4 Å². The normalized spacial score (nSPS) is 10.8. The maximum Gasteiger partial charge on any atom is 0.336 e. The molecule has 0 bridgehead atoms. The molecule has 3 aromatic rings. The minimum absolute atomic E-state index is 0.356. The lowest BCUT2D eigenvalue weighted by molar-refractivity contribution is -0.128. The van der Waals surface area contributed by atoms with Gasteiger partial charge in [0.05, 0.1) is 23.9 Å². The molecule has 3 rings (SSSR count). The molecule has 5 nitrogen and oxygen atoms in total. The number of benzene rings is 2. The highest BCUT2D eigenvalue weighted by molar-refractivity contribution is 6.31. The van der Waals surface area contributed by atoms with Crippen molar-refractivity contribution in [1.29, 1.82) is 5.26 Å². The number of ether oxygens (including phenoxy) is 1. The third-order valence-corrected chi connectivity index (χ3v) is 4.59. The molecule has 0 aliphatic rings. The average molecular weight is 412 g/mol. The van der Waals surface area contributed by atoms with Crippen LogP contribution in [0.4, 0.5) is 0 Å². The van der Waals surface area contributed by atoms with E-state index in [0.717, 1.165) is 5.56 Å². The third kappa shape index (κ3) is 4.80. The largest absolute Gasteiger partial charge is 0.423 e. The highest BCUT2D eigenvalue weighted by Gasteiger charge is 2.12. The van der Waals surface area contributed by atoms with Crippen molar-refractivity contribution in [2.24, 2.45) is 0 Å². The molecule has 0 spiro atoms. The molecule has 0 radical (unpaired) electrons. The number of carbonyl (C=O) groups is 1. The number of aromatic nitrogens is 2. The summed E-state index contributed by atoms with van der Waals surface area (Å²) in [5, 5.41) is 14.3. The van der Waals surface area contributed by atoms with E-state index in [1.807, 2.05) is 25.1 Å². The van der Waals surface area contributed by atoms with Gasteiger partial charge in [0.2, 0.25) is 0 Å². The number of esters is 1. The highest BCUT2D eigenvalue weighted by Crippen LogP contribution is 2.23. The quantitative estimate of drug-likeness (QED) is 0.335. The first-order valence-electron chi connectivity index (χ1n) is 8.33. The summed E-state index contributed by atoms with van der Waals surface area (Å²) in [7, 11) is 0. The van der Waals surface area contributed by atoms with E-state index in [1.165, 1.54) is 6.08 Å². The van der Waals surface area contributed by atoms with E-state index >= 15 is 0 Å². The summed E-state index contributed by atoms with van der Waals surface area (Å²) < 4.78 is 6.87. The molecule has 0 aliphatic carbocycles. The first-order chi connectivity index (χ1) is 13.5. The Kier molecular flexibility index (Phi) is 6.15. The van der Waals surface area contributed by atoms with Gasteiger partial charge < -0.3 is 4.74 Å². The van der Waals surface area contributed by atoms with E-state index in [0.29, 0.717) is 39.3 Å². The van der Waals surface area contributed by atoms with Gasteiger partial charge >= 0.3 is 5.97 Å². The lowest BCUT2D eigenvalue weighted by atomic mass is 10.2. The lowest BCUT2D eigenvalue weighted by Crippen LogP contribution is -2.03. The van der Waals surface area contributed by atoms with E-state index in [-0.39, 0.29) is 0 Å². The van der Waals surface area contributed by atoms with Crippen LogP contribution in [0.5, 0.6) is 5.75 Å². The van der Waals surface area contributed by atoms with Crippen LogP contribution in [0.3, 0.4) is 0 Å². The van der Waals surface area contributed by atoms with Gasteiger partial charge in [0.1, 0.15) is 10.9 Å². The predicted octanol–water partition coefficient (Wildman–Crippen LogP) is 5.04. The topological polar surface area (TPSA) is 67.9 Å². The second-order valence-corrected chi connectivity index (χ2v) is 6.76. The minimum Gasteiger partial charge on any atom is -0.423 e. The number of rotatable bonds is 5. The Hall–Kier alpha value is -3.07. The maximum atomic E-state index is 12.0. The second kappa shape index (κ2) is 8.75. The Bertz CT molecular complexity index is 1060. The number of hydrogen-bond acceptors (Lipinski definition) is 4. The summed E-state index contributed by atoms with van der Waals surface area (Å²) in [5.41, 5.74) is 2.84. The van der Waals surface area contributed by atoms with E-state index in [4.69, 9.17) is 33.2 Å². The molecular formula is C21H15Cl2N3O2. The fraction of sp³-hybridized carbons (Fsp3) is 0.0952. The van der Waals surface area contributed by atoms with Crippen LogP contribution in [-0.4, -0.2) is 15.7 Å². The molecule has 28 heavy (non-hydrogen) atoms. The van der Waals surface area contributed by atoms with Gasteiger partial charge in [-0.05, 0) is 55.0 Å². The molecule has 1 aromatic heterocycles. The molecule has 0 amide bonds. The maximum absolute atomic E-state index is 12.0. The molecule has 0 unspecified atom stereocenters. The van der Waals surface area contributed by atoms with Gasteiger partial charge in [-0.3, -0.25) is 0 Å². The summed E-state index contributed by atoms with van der Waals surface area (Å²) in [6.45, 7) is 2.30. The molecule has 7 heteroatoms. The summed E-state index contributed by atoms with van der Waals surface area (Å²) >= 11 is 12.3. The molecule has 0 saturated carbocycles. The number of hydrogen-bond donors (Lipinski definition) is 0. The molecule has 0 N–H and O–H groups in total. The van der Waals surface area contributed by atoms with Crippen LogP contribution in [0.2, 0.25) is 10.2 Å². The second-order valence-electron chi connectivity index (χ2n) is 5.96. The SMILES string of the molecule is Cc1nn(Cc2ccc(Cl)cc2)c(Cl)c1C=CC(=O)Oc1ccc(C#N)cc1. The van der Waals surface area contributed by atoms with Crippen LogP contribution in [0, 0.1) is 18.3 Å². The smallest absolute Gasteiger partial charge is 0.336 e. The molecule has 140 valence electrons. The van der Waals surface area contributed by atoms with Gasteiger partial charge in [-0.25, -0.2) is 9.48 Å². The van der Waals surface area contributed by atoms with Crippen molar-refractivity contribution in [2.75, 3.05) is 0 Å². The lowest BCUT2D eigenvalue weighted by Gasteiger charge is -2.04. The number of aryl methyl sites for hydroxylation is 1. The van der Waals surface area contributed by atoms with Crippen molar-refractivity contribution in [2.45, 2.75) is 13.5 Å². The van der Waals surface area contributed by atoms with Crippen LogP contribution in [0.25, 0.3) is 6.08 Å². The van der Waals surface area contributed by atoms with E-state index in [9.17, 15) is 4.79 Å². The van der Waals surface area contributed by atoms with E-state index in [2.05, 4.69) is 5.10 Å².